The third kappa shape index (κ3) is 4.52. The minimum absolute atomic E-state index is 0.0792. The van der Waals surface area contributed by atoms with Crippen LogP contribution < -0.4 is 10.1 Å². The number of halogens is 4. The molecule has 0 aromatic heterocycles. The first-order chi connectivity index (χ1) is 8.35. The first-order valence-electron chi connectivity index (χ1n) is 5.42. The Morgan fingerprint density at radius 1 is 1.33 bits per heavy atom. The highest BCUT2D eigenvalue weighted by molar-refractivity contribution is 5.29. The van der Waals surface area contributed by atoms with E-state index in [4.69, 9.17) is 4.74 Å². The Hall–Kier alpha value is -1.30. The van der Waals surface area contributed by atoms with Crippen LogP contribution in [0.1, 0.15) is 12.0 Å². The second-order valence-electron chi connectivity index (χ2n) is 3.98. The van der Waals surface area contributed by atoms with Gasteiger partial charge in [0, 0.05) is 6.04 Å². The summed E-state index contributed by atoms with van der Waals surface area (Å²) in [4.78, 5) is 0. The summed E-state index contributed by atoms with van der Waals surface area (Å²) in [5, 5.41) is 2.58. The van der Waals surface area contributed by atoms with Gasteiger partial charge in [0.1, 0.15) is 0 Å². The number of methoxy groups -OCH3 is 1. The fourth-order valence-corrected chi connectivity index (χ4v) is 1.68. The van der Waals surface area contributed by atoms with E-state index in [9.17, 15) is 17.6 Å². The van der Waals surface area contributed by atoms with Crippen LogP contribution in [-0.2, 0) is 6.42 Å². The van der Waals surface area contributed by atoms with Gasteiger partial charge in [-0.3, -0.25) is 0 Å². The highest BCUT2D eigenvalue weighted by Crippen LogP contribution is 2.24. The lowest BCUT2D eigenvalue weighted by molar-refractivity contribution is -0.139. The van der Waals surface area contributed by atoms with Gasteiger partial charge >= 0.3 is 6.18 Å². The molecule has 0 aliphatic heterocycles. The van der Waals surface area contributed by atoms with Crippen molar-refractivity contribution in [3.63, 3.8) is 0 Å². The monoisotopic (exact) mass is 265 g/mol. The average Bonchev–Trinajstić information content (AvgIpc) is 2.26. The number of hydrogen-bond donors (Lipinski definition) is 1. The summed E-state index contributed by atoms with van der Waals surface area (Å²) in [6.45, 7) is 0. The van der Waals surface area contributed by atoms with Crippen LogP contribution in [0.3, 0.4) is 0 Å². The summed E-state index contributed by atoms with van der Waals surface area (Å²) >= 11 is 0. The van der Waals surface area contributed by atoms with E-state index in [2.05, 4.69) is 5.32 Å². The highest BCUT2D eigenvalue weighted by Gasteiger charge is 2.31. The number of alkyl halides is 3. The van der Waals surface area contributed by atoms with Crippen LogP contribution in [0.15, 0.2) is 18.2 Å². The van der Waals surface area contributed by atoms with Crippen molar-refractivity contribution in [2.75, 3.05) is 14.2 Å². The maximum atomic E-state index is 13.4. The summed E-state index contributed by atoms with van der Waals surface area (Å²) in [5.41, 5.74) is 0.497. The fraction of sp³-hybridized carbons (Fsp3) is 0.500. The lowest BCUT2D eigenvalue weighted by Crippen LogP contribution is -2.32. The summed E-state index contributed by atoms with van der Waals surface area (Å²) in [6, 6.07) is 3.39. The van der Waals surface area contributed by atoms with Gasteiger partial charge in [0.25, 0.3) is 0 Å². The molecule has 1 aromatic carbocycles. The van der Waals surface area contributed by atoms with Gasteiger partial charge in [0.15, 0.2) is 11.6 Å². The molecule has 1 atom stereocenters. The molecule has 1 aromatic rings. The largest absolute Gasteiger partial charge is 0.494 e. The first kappa shape index (κ1) is 14.8. The molecule has 6 heteroatoms. The summed E-state index contributed by atoms with van der Waals surface area (Å²) in [5.74, 6) is -0.493. The lowest BCUT2D eigenvalue weighted by atomic mass is 10.0. The third-order valence-electron chi connectivity index (χ3n) is 2.58. The number of rotatable bonds is 5. The van der Waals surface area contributed by atoms with Gasteiger partial charge in [-0.05, 0) is 31.2 Å². The zero-order valence-electron chi connectivity index (χ0n) is 10.1. The quantitative estimate of drug-likeness (QED) is 0.826. The predicted octanol–water partition coefficient (Wildman–Crippen LogP) is 2.92. The Morgan fingerprint density at radius 3 is 2.44 bits per heavy atom. The lowest BCUT2D eigenvalue weighted by Gasteiger charge is -2.18. The van der Waals surface area contributed by atoms with Crippen LogP contribution in [0.2, 0.25) is 0 Å². The summed E-state index contributed by atoms with van der Waals surface area (Å²) in [6.07, 6.45) is -5.08. The molecule has 1 N–H and O–H groups in total. The molecule has 1 rings (SSSR count). The van der Waals surface area contributed by atoms with Gasteiger partial charge in [0.05, 0.1) is 13.5 Å². The molecule has 0 saturated carbocycles. The second kappa shape index (κ2) is 6.04. The number of nitrogens with one attached hydrogen (secondary N) is 1. The summed E-state index contributed by atoms with van der Waals surface area (Å²) < 4.78 is 54.9. The molecular weight excluding hydrogens is 250 g/mol. The van der Waals surface area contributed by atoms with Crippen LogP contribution >= 0.6 is 0 Å². The van der Waals surface area contributed by atoms with Crippen molar-refractivity contribution in [2.45, 2.75) is 25.1 Å². The van der Waals surface area contributed by atoms with Gasteiger partial charge in [-0.25, -0.2) is 4.39 Å². The molecule has 0 spiro atoms. The van der Waals surface area contributed by atoms with E-state index in [0.29, 0.717) is 5.56 Å². The van der Waals surface area contributed by atoms with Crippen molar-refractivity contribution < 1.29 is 22.3 Å². The van der Waals surface area contributed by atoms with Gasteiger partial charge in [-0.15, -0.1) is 0 Å². The zero-order chi connectivity index (χ0) is 13.8. The topological polar surface area (TPSA) is 21.3 Å². The third-order valence-corrected chi connectivity index (χ3v) is 2.58. The summed E-state index contributed by atoms with van der Waals surface area (Å²) in [7, 11) is 2.79. The molecule has 0 bridgehead atoms. The Kier molecular flexibility index (Phi) is 4.95. The minimum atomic E-state index is -4.24. The normalized spacial score (nSPS) is 13.4. The van der Waals surface area contributed by atoms with Crippen LogP contribution in [-0.4, -0.2) is 26.4 Å². The molecule has 0 heterocycles. The smallest absolute Gasteiger partial charge is 0.390 e. The molecular formula is C12H15F4NO. The van der Waals surface area contributed by atoms with E-state index in [-0.39, 0.29) is 12.2 Å². The van der Waals surface area contributed by atoms with E-state index in [0.717, 1.165) is 0 Å². The zero-order valence-corrected chi connectivity index (χ0v) is 10.1. The molecule has 2 nitrogen and oxygen atoms in total. The standard InChI is InChI=1S/C12H15F4NO/c1-17-9(7-12(14,15)16)5-8-3-4-11(18-2)10(13)6-8/h3-4,6,9,17H,5,7H2,1-2H3. The molecule has 0 saturated heterocycles. The molecule has 0 amide bonds. The molecule has 0 fully saturated rings. The average molecular weight is 265 g/mol. The molecule has 0 aliphatic carbocycles. The predicted molar refractivity (Wildman–Crippen MR) is 60.2 cm³/mol. The number of hydrogen-bond acceptors (Lipinski definition) is 2. The van der Waals surface area contributed by atoms with E-state index in [1.807, 2.05) is 0 Å². The van der Waals surface area contributed by atoms with Gasteiger partial charge < -0.3 is 10.1 Å². The molecule has 0 aliphatic rings. The first-order valence-corrected chi connectivity index (χ1v) is 5.42. The SMILES string of the molecule is CNC(Cc1ccc(OC)c(F)c1)CC(F)(F)F. The van der Waals surface area contributed by atoms with E-state index in [1.54, 1.807) is 6.07 Å². The molecule has 0 radical (unpaired) electrons. The van der Waals surface area contributed by atoms with Crippen LogP contribution in [0.5, 0.6) is 5.75 Å². The van der Waals surface area contributed by atoms with E-state index >= 15 is 0 Å². The van der Waals surface area contributed by atoms with Crippen molar-refractivity contribution in [1.29, 1.82) is 0 Å². The van der Waals surface area contributed by atoms with Gasteiger partial charge in [-0.1, -0.05) is 6.07 Å². The fourth-order valence-electron chi connectivity index (χ4n) is 1.68. The molecule has 18 heavy (non-hydrogen) atoms. The van der Waals surface area contributed by atoms with Gasteiger partial charge in [0.2, 0.25) is 0 Å². The van der Waals surface area contributed by atoms with Gasteiger partial charge in [-0.2, -0.15) is 13.2 Å². The van der Waals surface area contributed by atoms with E-state index < -0.39 is 24.5 Å². The van der Waals surface area contributed by atoms with Crippen LogP contribution in [0, 0.1) is 5.82 Å². The second-order valence-corrected chi connectivity index (χ2v) is 3.98. The number of benzene rings is 1. The van der Waals surface area contributed by atoms with E-state index in [1.165, 1.54) is 26.3 Å². The molecule has 102 valence electrons. The van der Waals surface area contributed by atoms with Crippen LogP contribution in [0.25, 0.3) is 0 Å². The Balaban J connectivity index is 2.73. The maximum absolute atomic E-state index is 13.4. The minimum Gasteiger partial charge on any atom is -0.494 e. The van der Waals surface area contributed by atoms with Crippen molar-refractivity contribution in [3.05, 3.63) is 29.6 Å². The molecule has 1 unspecified atom stereocenters. The van der Waals surface area contributed by atoms with Crippen molar-refractivity contribution >= 4 is 0 Å². The Bertz CT molecular complexity index is 392. The Labute approximate surface area is 103 Å². The number of ether oxygens (including phenoxy) is 1. The van der Waals surface area contributed by atoms with Crippen molar-refractivity contribution in [3.8, 4) is 5.75 Å². The number of likely N-dealkylation sites (N-methyl/N-ethyl adjacent to an activating group) is 1. The van der Waals surface area contributed by atoms with Crippen LogP contribution in [0.4, 0.5) is 17.6 Å². The Morgan fingerprint density at radius 2 is 2.00 bits per heavy atom. The highest BCUT2D eigenvalue weighted by atomic mass is 19.4. The maximum Gasteiger partial charge on any atom is 0.390 e. The van der Waals surface area contributed by atoms with Crippen molar-refractivity contribution in [1.82, 2.24) is 5.32 Å². The van der Waals surface area contributed by atoms with Crippen molar-refractivity contribution in [2.24, 2.45) is 0 Å².